The number of benzene rings is 2. The Hall–Kier alpha value is -4.05. The van der Waals surface area contributed by atoms with Crippen molar-refractivity contribution in [1.29, 1.82) is 5.26 Å². The summed E-state index contributed by atoms with van der Waals surface area (Å²) in [5, 5.41) is 10.5. The van der Waals surface area contributed by atoms with Crippen molar-refractivity contribution in [2.24, 2.45) is 0 Å². The lowest BCUT2D eigenvalue weighted by atomic mass is 10.1. The lowest BCUT2D eigenvalue weighted by molar-refractivity contribution is 0.481. The van der Waals surface area contributed by atoms with E-state index in [9.17, 15) is 5.26 Å². The Morgan fingerprint density at radius 3 is 2.48 bits per heavy atom. The van der Waals surface area contributed by atoms with Gasteiger partial charge in [-0.2, -0.15) is 5.26 Å². The van der Waals surface area contributed by atoms with Gasteiger partial charge in [-0.15, -0.1) is 0 Å². The average Bonchev–Trinajstić information content (AvgIpc) is 3.15. The van der Waals surface area contributed by atoms with Crippen LogP contribution in [0.2, 0.25) is 0 Å². The highest BCUT2D eigenvalue weighted by Gasteiger charge is 2.17. The molecule has 0 bridgehead atoms. The van der Waals surface area contributed by atoms with E-state index >= 15 is 0 Å². The van der Waals surface area contributed by atoms with E-state index in [1.807, 2.05) is 55.4 Å². The minimum atomic E-state index is 0.238. The van der Waals surface area contributed by atoms with Crippen LogP contribution in [0.1, 0.15) is 25.5 Å². The molecule has 0 amide bonds. The van der Waals surface area contributed by atoms with Gasteiger partial charge in [0.2, 0.25) is 0 Å². The predicted octanol–water partition coefficient (Wildman–Crippen LogP) is 4.99. The number of nitriles is 1. The van der Waals surface area contributed by atoms with Crippen LogP contribution in [-0.2, 0) is 0 Å². The van der Waals surface area contributed by atoms with Gasteiger partial charge in [0.05, 0.1) is 11.1 Å². The molecule has 156 valence electrons. The number of fused-ring (bicyclic) bond motifs is 1. The van der Waals surface area contributed by atoms with E-state index in [1.165, 1.54) is 6.33 Å². The Balaban J connectivity index is 1.71. The molecule has 4 rings (SSSR count). The molecule has 0 aliphatic carbocycles. The van der Waals surface area contributed by atoms with Crippen LogP contribution in [0.15, 0.2) is 55.0 Å². The third kappa shape index (κ3) is 3.64. The molecule has 0 radical (unpaired) electrons. The second-order valence-corrected chi connectivity index (χ2v) is 7.78. The Morgan fingerprint density at radius 1 is 1.10 bits per heavy atom. The monoisotopic (exact) mass is 412 g/mol. The third-order valence-corrected chi connectivity index (χ3v) is 5.19. The maximum Gasteiger partial charge on any atom is 0.147 e. The van der Waals surface area contributed by atoms with Crippen molar-refractivity contribution in [1.82, 2.24) is 14.5 Å². The largest absolute Gasteiger partial charge is 0.456 e. The van der Waals surface area contributed by atoms with Crippen LogP contribution in [0.3, 0.4) is 0 Å². The van der Waals surface area contributed by atoms with Gasteiger partial charge in [-0.05, 0) is 43.7 Å². The molecule has 0 spiro atoms. The van der Waals surface area contributed by atoms with E-state index < -0.39 is 0 Å². The fraction of sp³-hybridized carbons (Fsp3) is 0.208. The molecule has 2 aromatic carbocycles. The molecule has 0 unspecified atom stereocenters. The van der Waals surface area contributed by atoms with Crippen molar-refractivity contribution in [3.05, 3.63) is 60.6 Å². The van der Waals surface area contributed by atoms with Gasteiger partial charge in [-0.3, -0.25) is 0 Å². The Labute approximate surface area is 181 Å². The standard InChI is InChI=1S/C24H24N6O/c1-15(2)30-13-19(22-23(26)27-14-28-24(22)30)16-8-10-17(11-9-16)31-21-7-5-6-20(29(3)4)18(21)12-25/h5-11,13-15H,1-4H3,(H2,26,27,28). The van der Waals surface area contributed by atoms with Crippen molar-refractivity contribution < 1.29 is 4.74 Å². The van der Waals surface area contributed by atoms with Crippen LogP contribution in [0.4, 0.5) is 11.5 Å². The van der Waals surface area contributed by atoms with Gasteiger partial charge in [0.1, 0.15) is 40.9 Å². The zero-order valence-corrected chi connectivity index (χ0v) is 18.0. The Kier molecular flexibility index (Phi) is 5.22. The lowest BCUT2D eigenvalue weighted by Crippen LogP contribution is -2.10. The summed E-state index contributed by atoms with van der Waals surface area (Å²) in [5.74, 6) is 1.63. The van der Waals surface area contributed by atoms with E-state index in [4.69, 9.17) is 10.5 Å². The van der Waals surface area contributed by atoms with Crippen molar-refractivity contribution in [2.45, 2.75) is 19.9 Å². The zero-order chi connectivity index (χ0) is 22.1. The first kappa shape index (κ1) is 20.2. The summed E-state index contributed by atoms with van der Waals surface area (Å²) in [6.07, 6.45) is 3.55. The van der Waals surface area contributed by atoms with Gasteiger partial charge in [0.25, 0.3) is 0 Å². The Bertz CT molecular complexity index is 1280. The first-order valence-corrected chi connectivity index (χ1v) is 10.0. The quantitative estimate of drug-likeness (QED) is 0.496. The molecular weight excluding hydrogens is 388 g/mol. The summed E-state index contributed by atoms with van der Waals surface area (Å²) in [5.41, 5.74) is 10.3. The number of aromatic nitrogens is 3. The van der Waals surface area contributed by atoms with Crippen LogP contribution < -0.4 is 15.4 Å². The highest BCUT2D eigenvalue weighted by atomic mass is 16.5. The van der Waals surface area contributed by atoms with Gasteiger partial charge >= 0.3 is 0 Å². The smallest absolute Gasteiger partial charge is 0.147 e. The summed E-state index contributed by atoms with van der Waals surface area (Å²) in [4.78, 5) is 10.5. The molecule has 31 heavy (non-hydrogen) atoms. The van der Waals surface area contributed by atoms with Crippen molar-refractivity contribution >= 4 is 22.5 Å². The highest BCUT2D eigenvalue weighted by molar-refractivity contribution is 6.00. The number of anilines is 2. The number of nitrogens with two attached hydrogens (primary N) is 1. The number of nitrogens with zero attached hydrogens (tertiary/aromatic N) is 5. The maximum atomic E-state index is 9.61. The molecule has 0 fully saturated rings. The topological polar surface area (TPSA) is 93.0 Å². The second-order valence-electron chi connectivity index (χ2n) is 7.78. The summed E-state index contributed by atoms with van der Waals surface area (Å²) in [6.45, 7) is 4.21. The summed E-state index contributed by atoms with van der Waals surface area (Å²) >= 11 is 0. The van der Waals surface area contributed by atoms with Crippen LogP contribution in [0.5, 0.6) is 11.5 Å². The minimum absolute atomic E-state index is 0.238. The first-order chi connectivity index (χ1) is 14.9. The van der Waals surface area contributed by atoms with Gasteiger partial charge in [0.15, 0.2) is 0 Å². The average molecular weight is 412 g/mol. The number of rotatable bonds is 5. The third-order valence-electron chi connectivity index (χ3n) is 5.19. The van der Waals surface area contributed by atoms with Crippen LogP contribution in [0, 0.1) is 11.3 Å². The second kappa shape index (κ2) is 8.00. The van der Waals surface area contributed by atoms with E-state index in [2.05, 4.69) is 40.6 Å². The molecule has 2 aromatic heterocycles. The summed E-state index contributed by atoms with van der Waals surface area (Å²) < 4.78 is 8.13. The number of ether oxygens (including phenoxy) is 1. The molecule has 2 N–H and O–H groups in total. The van der Waals surface area contributed by atoms with E-state index in [1.54, 1.807) is 6.07 Å². The summed E-state index contributed by atoms with van der Waals surface area (Å²) in [7, 11) is 3.80. The maximum absolute atomic E-state index is 9.61. The van der Waals surface area contributed by atoms with E-state index in [-0.39, 0.29) is 6.04 Å². The van der Waals surface area contributed by atoms with E-state index in [0.29, 0.717) is 22.9 Å². The molecule has 7 nitrogen and oxygen atoms in total. The molecule has 4 aromatic rings. The van der Waals surface area contributed by atoms with Crippen molar-refractivity contribution in [3.63, 3.8) is 0 Å². The van der Waals surface area contributed by atoms with Gasteiger partial charge in [0, 0.05) is 31.9 Å². The molecule has 7 heteroatoms. The number of nitrogen functional groups attached to an aromatic ring is 1. The predicted molar refractivity (Wildman–Crippen MR) is 123 cm³/mol. The highest BCUT2D eigenvalue weighted by Crippen LogP contribution is 2.36. The zero-order valence-electron chi connectivity index (χ0n) is 18.0. The molecular formula is C24H24N6O. The summed E-state index contributed by atoms with van der Waals surface area (Å²) in [6, 6.07) is 15.8. The minimum Gasteiger partial charge on any atom is -0.456 e. The van der Waals surface area contributed by atoms with Gasteiger partial charge in [-0.1, -0.05) is 18.2 Å². The SMILES string of the molecule is CC(C)n1cc(-c2ccc(Oc3cccc(N(C)C)c3C#N)cc2)c2c(N)ncnc21. The van der Waals surface area contributed by atoms with Crippen molar-refractivity contribution in [2.75, 3.05) is 24.7 Å². The number of hydrogen-bond donors (Lipinski definition) is 1. The molecule has 2 heterocycles. The van der Waals surface area contributed by atoms with Crippen LogP contribution in [0.25, 0.3) is 22.2 Å². The van der Waals surface area contributed by atoms with Crippen LogP contribution >= 0.6 is 0 Å². The molecule has 0 atom stereocenters. The fourth-order valence-electron chi connectivity index (χ4n) is 3.64. The number of hydrogen-bond acceptors (Lipinski definition) is 6. The first-order valence-electron chi connectivity index (χ1n) is 10.0. The van der Waals surface area contributed by atoms with Gasteiger partial charge < -0.3 is 19.9 Å². The Morgan fingerprint density at radius 2 is 1.84 bits per heavy atom. The molecule has 0 saturated heterocycles. The fourth-order valence-corrected chi connectivity index (χ4v) is 3.64. The molecule has 0 saturated carbocycles. The lowest BCUT2D eigenvalue weighted by Gasteiger charge is -2.16. The normalized spacial score (nSPS) is 11.0. The molecule has 0 aliphatic rings. The van der Waals surface area contributed by atoms with Gasteiger partial charge in [-0.25, -0.2) is 9.97 Å². The molecule has 0 aliphatic heterocycles. The van der Waals surface area contributed by atoms with E-state index in [0.717, 1.165) is 27.8 Å². The van der Waals surface area contributed by atoms with Crippen molar-refractivity contribution in [3.8, 4) is 28.7 Å². The van der Waals surface area contributed by atoms with Crippen LogP contribution in [-0.4, -0.2) is 28.6 Å².